The number of nitrogens with zero attached hydrogens (tertiary/aromatic N) is 3. The van der Waals surface area contributed by atoms with Gasteiger partial charge in [-0.2, -0.15) is 15.6 Å². The van der Waals surface area contributed by atoms with Crippen LogP contribution in [-0.4, -0.2) is 66.8 Å². The second-order valence-corrected chi connectivity index (χ2v) is 11.1. The minimum atomic E-state index is -3.68. The Balaban J connectivity index is 1.27. The molecule has 0 saturated carbocycles. The Labute approximate surface area is 191 Å². The zero-order valence-electron chi connectivity index (χ0n) is 18.2. The lowest BCUT2D eigenvalue weighted by Crippen LogP contribution is -2.49. The van der Waals surface area contributed by atoms with Crippen molar-refractivity contribution in [3.63, 3.8) is 0 Å². The first-order valence-electron chi connectivity index (χ1n) is 10.8. The van der Waals surface area contributed by atoms with E-state index in [1.54, 1.807) is 19.9 Å². The zero-order valence-corrected chi connectivity index (χ0v) is 19.9. The maximum atomic E-state index is 13.0. The van der Waals surface area contributed by atoms with Gasteiger partial charge in [-0.15, -0.1) is 0 Å². The van der Waals surface area contributed by atoms with Gasteiger partial charge in [-0.05, 0) is 51.0 Å². The molecule has 0 aromatic carbocycles. The van der Waals surface area contributed by atoms with Crippen molar-refractivity contribution in [1.82, 2.24) is 19.7 Å². The molecule has 4 rings (SSSR count). The number of aromatic nitrogens is 1. The fourth-order valence-electron chi connectivity index (χ4n) is 4.48. The molecule has 9 nitrogen and oxygen atoms in total. The Morgan fingerprint density at radius 3 is 2.38 bits per heavy atom. The molecule has 0 bridgehead atoms. The van der Waals surface area contributed by atoms with Crippen LogP contribution in [0.5, 0.6) is 0 Å². The number of carbonyl (C=O) groups is 2. The van der Waals surface area contributed by atoms with Crippen molar-refractivity contribution in [2.75, 3.05) is 26.2 Å². The van der Waals surface area contributed by atoms with Crippen LogP contribution < -0.4 is 5.32 Å². The normalized spacial score (nSPS) is 19.2. The number of sulfonamides is 1. The van der Waals surface area contributed by atoms with Crippen LogP contribution in [0.15, 0.2) is 26.2 Å². The van der Waals surface area contributed by atoms with E-state index in [0.29, 0.717) is 50.3 Å². The Bertz CT molecular complexity index is 1040. The summed E-state index contributed by atoms with van der Waals surface area (Å²) < 4.78 is 32.4. The minimum Gasteiger partial charge on any atom is -0.360 e. The Morgan fingerprint density at radius 2 is 1.81 bits per heavy atom. The van der Waals surface area contributed by atoms with E-state index in [2.05, 4.69) is 10.5 Å². The third kappa shape index (κ3) is 4.60. The minimum absolute atomic E-state index is 0.0634. The molecule has 2 aromatic rings. The smallest absolute Gasteiger partial charge is 0.252 e. The standard InChI is InChI=1S/C21H28N4O5S2/c1-14-19(15(2)30-23-14)32(28,29)25-10-3-16(4-11-25)21(27)24-8-5-18(6-9-24)22-20(26)17-7-12-31-13-17/h7,12-13,16,18H,3-6,8-11H2,1-2H3,(H,22,26). The molecule has 11 heteroatoms. The Kier molecular flexibility index (Phi) is 6.68. The lowest BCUT2D eigenvalue weighted by molar-refractivity contribution is -0.137. The van der Waals surface area contributed by atoms with Crippen LogP contribution in [0.3, 0.4) is 0 Å². The van der Waals surface area contributed by atoms with Gasteiger partial charge in [-0.3, -0.25) is 9.59 Å². The maximum absolute atomic E-state index is 13.0. The number of carbonyl (C=O) groups excluding carboxylic acids is 2. The van der Waals surface area contributed by atoms with Gasteiger partial charge >= 0.3 is 0 Å². The molecule has 174 valence electrons. The number of hydrogen-bond donors (Lipinski definition) is 1. The molecule has 0 atom stereocenters. The largest absolute Gasteiger partial charge is 0.360 e. The molecule has 2 saturated heterocycles. The summed E-state index contributed by atoms with van der Waals surface area (Å²) in [5, 5.41) is 10.5. The SMILES string of the molecule is Cc1noc(C)c1S(=O)(=O)N1CCC(C(=O)N2CCC(NC(=O)c3ccsc3)CC2)CC1. The molecule has 0 spiro atoms. The van der Waals surface area contributed by atoms with Crippen LogP contribution in [0.25, 0.3) is 0 Å². The molecule has 0 unspecified atom stereocenters. The van der Waals surface area contributed by atoms with Crippen molar-refractivity contribution in [3.05, 3.63) is 33.8 Å². The summed E-state index contributed by atoms with van der Waals surface area (Å²) in [5.41, 5.74) is 1.03. The van der Waals surface area contributed by atoms with Crippen LogP contribution in [-0.2, 0) is 14.8 Å². The van der Waals surface area contributed by atoms with E-state index in [1.807, 2.05) is 15.7 Å². The Hall–Kier alpha value is -2.24. The highest BCUT2D eigenvalue weighted by Crippen LogP contribution is 2.29. The van der Waals surface area contributed by atoms with Crippen molar-refractivity contribution in [3.8, 4) is 0 Å². The first kappa shape index (κ1) is 22.9. The van der Waals surface area contributed by atoms with Crippen LogP contribution in [0.1, 0.15) is 47.5 Å². The van der Waals surface area contributed by atoms with Gasteiger partial charge in [0.1, 0.15) is 10.6 Å². The van der Waals surface area contributed by atoms with Crippen molar-refractivity contribution in [2.45, 2.75) is 50.5 Å². The van der Waals surface area contributed by atoms with E-state index < -0.39 is 10.0 Å². The molecule has 2 amide bonds. The van der Waals surface area contributed by atoms with Crippen LogP contribution in [0.4, 0.5) is 0 Å². The predicted molar refractivity (Wildman–Crippen MR) is 119 cm³/mol. The first-order chi connectivity index (χ1) is 15.3. The van der Waals surface area contributed by atoms with E-state index in [9.17, 15) is 18.0 Å². The second kappa shape index (κ2) is 9.32. The molecular formula is C21H28N4O5S2. The van der Waals surface area contributed by atoms with E-state index >= 15 is 0 Å². The van der Waals surface area contributed by atoms with Gasteiger partial charge in [0.15, 0.2) is 5.76 Å². The molecule has 0 aliphatic carbocycles. The lowest BCUT2D eigenvalue weighted by atomic mass is 9.95. The van der Waals surface area contributed by atoms with Gasteiger partial charge in [0.25, 0.3) is 5.91 Å². The average Bonchev–Trinajstić information content (AvgIpc) is 3.44. The van der Waals surface area contributed by atoms with Gasteiger partial charge < -0.3 is 14.7 Å². The summed E-state index contributed by atoms with van der Waals surface area (Å²) in [6.45, 7) is 5.02. The topological polar surface area (TPSA) is 113 Å². The molecule has 2 aromatic heterocycles. The molecule has 4 heterocycles. The summed E-state index contributed by atoms with van der Waals surface area (Å²) in [4.78, 5) is 27.2. The van der Waals surface area contributed by atoms with Gasteiger partial charge in [0.05, 0.1) is 0 Å². The highest BCUT2D eigenvalue weighted by atomic mass is 32.2. The van der Waals surface area contributed by atoms with E-state index in [0.717, 1.165) is 12.8 Å². The molecular weight excluding hydrogens is 452 g/mol. The number of likely N-dealkylation sites (tertiary alicyclic amines) is 1. The van der Waals surface area contributed by atoms with Crippen molar-refractivity contribution in [1.29, 1.82) is 0 Å². The van der Waals surface area contributed by atoms with E-state index in [1.165, 1.54) is 15.6 Å². The lowest BCUT2D eigenvalue weighted by Gasteiger charge is -2.37. The predicted octanol–water partition coefficient (Wildman–Crippen LogP) is 2.17. The quantitative estimate of drug-likeness (QED) is 0.702. The highest BCUT2D eigenvalue weighted by Gasteiger charge is 2.37. The maximum Gasteiger partial charge on any atom is 0.252 e. The monoisotopic (exact) mass is 480 g/mol. The number of piperidine rings is 2. The molecule has 1 N–H and O–H groups in total. The van der Waals surface area contributed by atoms with E-state index in [4.69, 9.17) is 4.52 Å². The molecule has 0 radical (unpaired) electrons. The fourth-order valence-corrected chi connectivity index (χ4v) is 6.88. The summed E-state index contributed by atoms with van der Waals surface area (Å²) in [6, 6.07) is 1.87. The highest BCUT2D eigenvalue weighted by molar-refractivity contribution is 7.89. The van der Waals surface area contributed by atoms with Crippen LogP contribution >= 0.6 is 11.3 Å². The number of hydrogen-bond acceptors (Lipinski definition) is 7. The van der Waals surface area contributed by atoms with Gasteiger partial charge in [-0.25, -0.2) is 8.42 Å². The average molecular weight is 481 g/mol. The molecule has 2 aliphatic rings. The van der Waals surface area contributed by atoms with Gasteiger partial charge in [0, 0.05) is 49.1 Å². The summed E-state index contributed by atoms with van der Waals surface area (Å²) in [5.74, 6) is 0.127. The summed E-state index contributed by atoms with van der Waals surface area (Å²) >= 11 is 1.49. The molecule has 2 fully saturated rings. The molecule has 32 heavy (non-hydrogen) atoms. The van der Waals surface area contributed by atoms with Crippen LogP contribution in [0, 0.1) is 19.8 Å². The summed E-state index contributed by atoms with van der Waals surface area (Å²) in [6.07, 6.45) is 2.44. The third-order valence-corrected chi connectivity index (χ3v) is 9.12. The first-order valence-corrected chi connectivity index (χ1v) is 13.2. The second-order valence-electron chi connectivity index (χ2n) is 8.42. The van der Waals surface area contributed by atoms with Crippen molar-refractivity contribution < 1.29 is 22.5 Å². The van der Waals surface area contributed by atoms with Crippen LogP contribution in [0.2, 0.25) is 0 Å². The number of rotatable bonds is 5. The number of amides is 2. The van der Waals surface area contributed by atoms with E-state index in [-0.39, 0.29) is 34.4 Å². The van der Waals surface area contributed by atoms with Crippen molar-refractivity contribution in [2.24, 2.45) is 5.92 Å². The zero-order chi connectivity index (χ0) is 22.9. The fraction of sp³-hybridized carbons (Fsp3) is 0.571. The van der Waals surface area contributed by atoms with Crippen molar-refractivity contribution >= 4 is 33.2 Å². The number of aryl methyl sites for hydroxylation is 2. The number of nitrogens with one attached hydrogen (secondary N) is 1. The van der Waals surface area contributed by atoms with Gasteiger partial charge in [-0.1, -0.05) is 5.16 Å². The summed E-state index contributed by atoms with van der Waals surface area (Å²) in [7, 11) is -3.68. The Morgan fingerprint density at radius 1 is 1.12 bits per heavy atom. The number of thiophene rings is 1. The van der Waals surface area contributed by atoms with Gasteiger partial charge in [0.2, 0.25) is 15.9 Å². The third-order valence-electron chi connectivity index (χ3n) is 6.29. The molecule has 2 aliphatic heterocycles.